The molecule has 1 saturated carbocycles. The molecule has 1 fully saturated rings. The van der Waals surface area contributed by atoms with E-state index in [1.165, 1.54) is 0 Å². The van der Waals surface area contributed by atoms with E-state index in [-0.39, 0.29) is 6.10 Å². The molecule has 1 aliphatic carbocycles. The molecule has 0 aliphatic heterocycles. The lowest BCUT2D eigenvalue weighted by Gasteiger charge is -2.14. The Morgan fingerprint density at radius 2 is 2.10 bits per heavy atom. The summed E-state index contributed by atoms with van der Waals surface area (Å²) in [5.41, 5.74) is 1.88. The molecule has 2 N–H and O–H groups in total. The quantitative estimate of drug-likeness (QED) is 0.866. The van der Waals surface area contributed by atoms with Gasteiger partial charge in [-0.2, -0.15) is 15.0 Å². The Balaban J connectivity index is 1.53. The summed E-state index contributed by atoms with van der Waals surface area (Å²) >= 11 is 0. The van der Waals surface area contributed by atoms with Crippen molar-refractivity contribution in [3.05, 3.63) is 42.2 Å². The van der Waals surface area contributed by atoms with Crippen molar-refractivity contribution in [2.45, 2.75) is 31.9 Å². The van der Waals surface area contributed by atoms with Gasteiger partial charge in [0.15, 0.2) is 0 Å². The number of nitrogens with one attached hydrogen (secondary N) is 1. The standard InChI is InChI=1S/C15H20N4O/c20-15-8-4-5-12(15)9-16-10-13-11-17-19(18-13)14-6-2-1-3-7-14/h1-3,6-7,11-12,15-16,20H,4-5,8-10H2. The van der Waals surface area contributed by atoms with Crippen molar-refractivity contribution in [1.29, 1.82) is 0 Å². The van der Waals surface area contributed by atoms with Crippen molar-refractivity contribution in [2.24, 2.45) is 5.92 Å². The summed E-state index contributed by atoms with van der Waals surface area (Å²) in [4.78, 5) is 1.64. The average Bonchev–Trinajstić information content (AvgIpc) is 3.10. The fourth-order valence-electron chi connectivity index (χ4n) is 2.70. The monoisotopic (exact) mass is 272 g/mol. The summed E-state index contributed by atoms with van der Waals surface area (Å²) in [6, 6.07) is 9.87. The Hall–Kier alpha value is -1.72. The normalized spacial score (nSPS) is 22.2. The van der Waals surface area contributed by atoms with Crippen LogP contribution in [0.3, 0.4) is 0 Å². The molecule has 2 atom stereocenters. The third-order valence-electron chi connectivity index (χ3n) is 3.86. The van der Waals surface area contributed by atoms with Crippen LogP contribution in [0.4, 0.5) is 0 Å². The summed E-state index contributed by atoms with van der Waals surface area (Å²) in [5, 5.41) is 21.8. The topological polar surface area (TPSA) is 63.0 Å². The third kappa shape index (κ3) is 3.05. The minimum absolute atomic E-state index is 0.137. The lowest BCUT2D eigenvalue weighted by atomic mass is 10.1. The molecule has 3 rings (SSSR count). The molecule has 0 bridgehead atoms. The highest BCUT2D eigenvalue weighted by Gasteiger charge is 2.24. The number of para-hydroxylation sites is 1. The number of benzene rings is 1. The first-order chi connectivity index (χ1) is 9.83. The number of hydrogen-bond donors (Lipinski definition) is 2. The number of aromatic nitrogens is 3. The Labute approximate surface area is 118 Å². The van der Waals surface area contributed by atoms with Gasteiger partial charge in [0.1, 0.15) is 0 Å². The van der Waals surface area contributed by atoms with Crippen molar-refractivity contribution in [1.82, 2.24) is 20.3 Å². The van der Waals surface area contributed by atoms with Crippen LogP contribution in [0.1, 0.15) is 25.0 Å². The van der Waals surface area contributed by atoms with E-state index < -0.39 is 0 Å². The zero-order chi connectivity index (χ0) is 13.8. The number of nitrogens with zero attached hydrogens (tertiary/aromatic N) is 3. The molecule has 0 amide bonds. The number of rotatable bonds is 5. The summed E-state index contributed by atoms with van der Waals surface area (Å²) in [6.45, 7) is 1.54. The van der Waals surface area contributed by atoms with Crippen molar-refractivity contribution in [3.63, 3.8) is 0 Å². The maximum atomic E-state index is 9.77. The van der Waals surface area contributed by atoms with E-state index in [0.717, 1.165) is 37.2 Å². The molecule has 106 valence electrons. The predicted molar refractivity (Wildman–Crippen MR) is 76.4 cm³/mol. The highest BCUT2D eigenvalue weighted by Crippen LogP contribution is 2.24. The zero-order valence-electron chi connectivity index (χ0n) is 11.4. The van der Waals surface area contributed by atoms with E-state index >= 15 is 0 Å². The van der Waals surface area contributed by atoms with Crippen molar-refractivity contribution in [2.75, 3.05) is 6.54 Å². The smallest absolute Gasteiger partial charge is 0.0969 e. The molecule has 0 saturated heterocycles. The second-order valence-electron chi connectivity index (χ2n) is 5.35. The van der Waals surface area contributed by atoms with E-state index in [4.69, 9.17) is 0 Å². The van der Waals surface area contributed by atoms with Crippen LogP contribution in [-0.4, -0.2) is 32.7 Å². The van der Waals surface area contributed by atoms with Gasteiger partial charge in [-0.3, -0.25) is 0 Å². The molecule has 2 aromatic rings. The van der Waals surface area contributed by atoms with E-state index in [9.17, 15) is 5.11 Å². The first-order valence-electron chi connectivity index (χ1n) is 7.18. The summed E-state index contributed by atoms with van der Waals surface area (Å²) in [5.74, 6) is 0.388. The summed E-state index contributed by atoms with van der Waals surface area (Å²) in [7, 11) is 0. The maximum Gasteiger partial charge on any atom is 0.0969 e. The number of aliphatic hydroxyl groups is 1. The van der Waals surface area contributed by atoms with Gasteiger partial charge in [0.05, 0.1) is 23.7 Å². The fraction of sp³-hybridized carbons (Fsp3) is 0.467. The molecular weight excluding hydrogens is 252 g/mol. The van der Waals surface area contributed by atoms with Gasteiger partial charge in [-0.25, -0.2) is 0 Å². The first kappa shape index (κ1) is 13.3. The molecule has 1 aliphatic rings. The molecule has 2 unspecified atom stereocenters. The molecule has 0 spiro atoms. The van der Waals surface area contributed by atoms with Crippen LogP contribution in [0.15, 0.2) is 36.5 Å². The van der Waals surface area contributed by atoms with Crippen LogP contribution in [0.5, 0.6) is 0 Å². The zero-order valence-corrected chi connectivity index (χ0v) is 11.4. The lowest BCUT2D eigenvalue weighted by molar-refractivity contribution is 0.131. The van der Waals surface area contributed by atoms with Gasteiger partial charge >= 0.3 is 0 Å². The molecular formula is C15H20N4O. The minimum Gasteiger partial charge on any atom is -0.393 e. The summed E-state index contributed by atoms with van der Waals surface area (Å²) < 4.78 is 0. The summed E-state index contributed by atoms with van der Waals surface area (Å²) in [6.07, 6.45) is 4.84. The van der Waals surface area contributed by atoms with Gasteiger partial charge in [0.2, 0.25) is 0 Å². The highest BCUT2D eigenvalue weighted by molar-refractivity contribution is 5.28. The Kier molecular flexibility index (Phi) is 4.08. The Morgan fingerprint density at radius 1 is 1.25 bits per heavy atom. The van der Waals surface area contributed by atoms with Crippen molar-refractivity contribution in [3.8, 4) is 5.69 Å². The lowest BCUT2D eigenvalue weighted by Crippen LogP contribution is -2.27. The van der Waals surface area contributed by atoms with Crippen LogP contribution in [0, 0.1) is 5.92 Å². The van der Waals surface area contributed by atoms with E-state index in [1.54, 1.807) is 11.0 Å². The van der Waals surface area contributed by atoms with Gasteiger partial charge in [0.25, 0.3) is 0 Å². The average molecular weight is 272 g/mol. The van der Waals surface area contributed by atoms with E-state index in [1.807, 2.05) is 30.3 Å². The van der Waals surface area contributed by atoms with Gasteiger partial charge < -0.3 is 10.4 Å². The number of aliphatic hydroxyl groups excluding tert-OH is 1. The van der Waals surface area contributed by atoms with Crippen LogP contribution in [-0.2, 0) is 6.54 Å². The Morgan fingerprint density at radius 3 is 2.85 bits per heavy atom. The minimum atomic E-state index is -0.137. The van der Waals surface area contributed by atoms with Crippen LogP contribution < -0.4 is 5.32 Å². The SMILES string of the molecule is OC1CCCC1CNCc1cnn(-c2ccccc2)n1. The van der Waals surface area contributed by atoms with Gasteiger partial charge in [0, 0.05) is 13.1 Å². The second-order valence-corrected chi connectivity index (χ2v) is 5.35. The van der Waals surface area contributed by atoms with Crippen LogP contribution in [0.25, 0.3) is 5.69 Å². The van der Waals surface area contributed by atoms with E-state index in [0.29, 0.717) is 12.5 Å². The molecule has 0 radical (unpaired) electrons. The van der Waals surface area contributed by atoms with E-state index in [2.05, 4.69) is 15.5 Å². The van der Waals surface area contributed by atoms with Crippen molar-refractivity contribution < 1.29 is 5.11 Å². The molecule has 1 aromatic carbocycles. The molecule has 1 aromatic heterocycles. The molecule has 20 heavy (non-hydrogen) atoms. The number of hydrogen-bond acceptors (Lipinski definition) is 4. The van der Waals surface area contributed by atoms with Gasteiger partial charge in [-0.15, -0.1) is 0 Å². The Bertz CT molecular complexity index is 540. The third-order valence-corrected chi connectivity index (χ3v) is 3.86. The van der Waals surface area contributed by atoms with Crippen molar-refractivity contribution >= 4 is 0 Å². The maximum absolute atomic E-state index is 9.77. The fourth-order valence-corrected chi connectivity index (χ4v) is 2.70. The van der Waals surface area contributed by atoms with Crippen LogP contribution >= 0.6 is 0 Å². The molecule has 5 heteroatoms. The molecule has 5 nitrogen and oxygen atoms in total. The first-order valence-corrected chi connectivity index (χ1v) is 7.18. The molecule has 1 heterocycles. The van der Waals surface area contributed by atoms with Gasteiger partial charge in [-0.05, 0) is 30.9 Å². The largest absolute Gasteiger partial charge is 0.393 e. The predicted octanol–water partition coefficient (Wildman–Crippen LogP) is 1.52. The van der Waals surface area contributed by atoms with Gasteiger partial charge in [-0.1, -0.05) is 24.6 Å². The van der Waals surface area contributed by atoms with Crippen LogP contribution in [0.2, 0.25) is 0 Å². The highest BCUT2D eigenvalue weighted by atomic mass is 16.3. The second kappa shape index (κ2) is 6.15.